The van der Waals surface area contributed by atoms with Gasteiger partial charge in [0, 0.05) is 17.7 Å². The second kappa shape index (κ2) is 4.48. The number of rotatable bonds is 3. The molecule has 0 saturated heterocycles. The Kier molecular flexibility index (Phi) is 3.25. The molecule has 1 heterocycles. The second-order valence-corrected chi connectivity index (χ2v) is 4.71. The van der Waals surface area contributed by atoms with Crippen LogP contribution in [0.25, 0.3) is 0 Å². The van der Waals surface area contributed by atoms with Crippen molar-refractivity contribution in [2.75, 3.05) is 0 Å². The van der Waals surface area contributed by atoms with Gasteiger partial charge in [-0.1, -0.05) is 37.8 Å². The molecule has 1 fully saturated rings. The summed E-state index contributed by atoms with van der Waals surface area (Å²) in [4.78, 5) is 8.91. The Hall–Kier alpha value is -0.630. The Labute approximate surface area is 96.1 Å². The molecule has 0 atom stereocenters. The van der Waals surface area contributed by atoms with E-state index in [1.54, 1.807) is 0 Å². The third-order valence-corrected chi connectivity index (χ3v) is 3.57. The third kappa shape index (κ3) is 2.31. The zero-order chi connectivity index (χ0) is 10.8. The molecule has 1 aliphatic rings. The molecule has 0 aromatic carbocycles. The summed E-state index contributed by atoms with van der Waals surface area (Å²) in [5, 5.41) is 0.652. The molecule has 15 heavy (non-hydrogen) atoms. The molecule has 0 amide bonds. The van der Waals surface area contributed by atoms with Gasteiger partial charge in [0.15, 0.2) is 0 Å². The minimum atomic E-state index is 0.652. The number of nitrogens with zero attached hydrogens (tertiary/aromatic N) is 2. The van der Waals surface area contributed by atoms with Crippen molar-refractivity contribution in [1.29, 1.82) is 0 Å². The maximum Gasteiger partial charge on any atom is 0.136 e. The summed E-state index contributed by atoms with van der Waals surface area (Å²) in [7, 11) is 0. The van der Waals surface area contributed by atoms with Crippen molar-refractivity contribution >= 4 is 11.6 Å². The highest BCUT2D eigenvalue weighted by atomic mass is 35.5. The minimum Gasteiger partial charge on any atom is -0.238 e. The lowest BCUT2D eigenvalue weighted by molar-refractivity contribution is 0.309. The van der Waals surface area contributed by atoms with Crippen LogP contribution < -0.4 is 0 Å². The quantitative estimate of drug-likeness (QED) is 0.736. The summed E-state index contributed by atoms with van der Waals surface area (Å²) in [6.07, 6.45) is 5.94. The van der Waals surface area contributed by atoms with Crippen molar-refractivity contribution in [2.24, 2.45) is 5.92 Å². The summed E-state index contributed by atoms with van der Waals surface area (Å²) >= 11 is 6.13. The molecule has 82 valence electrons. The lowest BCUT2D eigenvalue weighted by Gasteiger charge is -2.24. The maximum absolute atomic E-state index is 6.13. The predicted molar refractivity (Wildman–Crippen MR) is 62.2 cm³/mol. The molecule has 1 aliphatic carbocycles. The Balaban J connectivity index is 2.18. The van der Waals surface area contributed by atoms with Crippen molar-refractivity contribution in [3.05, 3.63) is 22.2 Å². The van der Waals surface area contributed by atoms with Gasteiger partial charge in [-0.15, -0.1) is 0 Å². The summed E-state index contributed by atoms with van der Waals surface area (Å²) < 4.78 is 0. The molecular weight excluding hydrogens is 208 g/mol. The van der Waals surface area contributed by atoms with Gasteiger partial charge in [-0.2, -0.15) is 0 Å². The molecule has 0 unspecified atom stereocenters. The van der Waals surface area contributed by atoms with E-state index in [9.17, 15) is 0 Å². The fraction of sp³-hybridized carbons (Fsp3) is 0.667. The Morgan fingerprint density at radius 2 is 2.07 bits per heavy atom. The van der Waals surface area contributed by atoms with Gasteiger partial charge in [0.25, 0.3) is 0 Å². The molecule has 0 spiro atoms. The van der Waals surface area contributed by atoms with Crippen LogP contribution in [0, 0.1) is 12.8 Å². The first-order chi connectivity index (χ1) is 7.20. The van der Waals surface area contributed by atoms with Crippen LogP contribution in [0.5, 0.6) is 0 Å². The monoisotopic (exact) mass is 224 g/mol. The lowest BCUT2D eigenvalue weighted by Crippen LogP contribution is -2.16. The normalized spacial score (nSPS) is 16.5. The van der Waals surface area contributed by atoms with E-state index in [0.717, 1.165) is 35.8 Å². The molecule has 2 nitrogen and oxygen atoms in total. The summed E-state index contributed by atoms with van der Waals surface area (Å²) in [5.41, 5.74) is 2.14. The van der Waals surface area contributed by atoms with Crippen LogP contribution in [0.15, 0.2) is 0 Å². The number of halogens is 1. The first kappa shape index (κ1) is 10.9. The van der Waals surface area contributed by atoms with Crippen molar-refractivity contribution in [1.82, 2.24) is 9.97 Å². The number of hydrogen-bond donors (Lipinski definition) is 0. The van der Waals surface area contributed by atoms with Crippen molar-refractivity contribution < 1.29 is 0 Å². The molecule has 2 rings (SSSR count). The van der Waals surface area contributed by atoms with Gasteiger partial charge in [0.2, 0.25) is 0 Å². The Bertz CT molecular complexity index is 336. The van der Waals surface area contributed by atoms with Crippen LogP contribution in [-0.2, 0) is 12.8 Å². The van der Waals surface area contributed by atoms with Gasteiger partial charge in [-0.05, 0) is 19.3 Å². The molecule has 0 radical (unpaired) electrons. The molecule has 0 bridgehead atoms. The van der Waals surface area contributed by atoms with E-state index in [0.29, 0.717) is 5.15 Å². The third-order valence-electron chi connectivity index (χ3n) is 3.26. The zero-order valence-corrected chi connectivity index (χ0v) is 10.1. The number of aryl methyl sites for hydroxylation is 1. The fourth-order valence-electron chi connectivity index (χ4n) is 2.06. The van der Waals surface area contributed by atoms with E-state index >= 15 is 0 Å². The highest BCUT2D eigenvalue weighted by molar-refractivity contribution is 6.30. The SMILES string of the molecule is CCc1c(C)nc(CC2CCC2)nc1Cl. The van der Waals surface area contributed by atoms with Gasteiger partial charge < -0.3 is 0 Å². The smallest absolute Gasteiger partial charge is 0.136 e. The second-order valence-electron chi connectivity index (χ2n) is 4.35. The molecule has 1 aromatic heterocycles. The van der Waals surface area contributed by atoms with Crippen molar-refractivity contribution in [3.63, 3.8) is 0 Å². The minimum absolute atomic E-state index is 0.652. The largest absolute Gasteiger partial charge is 0.238 e. The van der Waals surface area contributed by atoms with Crippen LogP contribution >= 0.6 is 11.6 Å². The van der Waals surface area contributed by atoms with Crippen LogP contribution in [-0.4, -0.2) is 9.97 Å². The topological polar surface area (TPSA) is 25.8 Å². The van der Waals surface area contributed by atoms with Crippen LogP contribution in [0.1, 0.15) is 43.3 Å². The lowest BCUT2D eigenvalue weighted by atomic mass is 9.83. The van der Waals surface area contributed by atoms with Crippen LogP contribution in [0.2, 0.25) is 5.15 Å². The molecule has 1 saturated carbocycles. The van der Waals surface area contributed by atoms with E-state index in [1.165, 1.54) is 19.3 Å². The molecule has 0 aliphatic heterocycles. The molecule has 1 aromatic rings. The summed E-state index contributed by atoms with van der Waals surface area (Å²) in [6.45, 7) is 4.11. The van der Waals surface area contributed by atoms with E-state index in [4.69, 9.17) is 11.6 Å². The van der Waals surface area contributed by atoms with E-state index in [1.807, 2.05) is 6.92 Å². The number of aromatic nitrogens is 2. The van der Waals surface area contributed by atoms with Gasteiger partial charge in [0.05, 0.1) is 0 Å². The first-order valence-electron chi connectivity index (χ1n) is 5.72. The molecule has 0 N–H and O–H groups in total. The average molecular weight is 225 g/mol. The van der Waals surface area contributed by atoms with Crippen molar-refractivity contribution in [3.8, 4) is 0 Å². The highest BCUT2D eigenvalue weighted by Gasteiger charge is 2.20. The number of hydrogen-bond acceptors (Lipinski definition) is 2. The fourth-order valence-corrected chi connectivity index (χ4v) is 2.43. The average Bonchev–Trinajstić information content (AvgIpc) is 2.11. The van der Waals surface area contributed by atoms with Crippen LogP contribution in [0.4, 0.5) is 0 Å². The standard InChI is InChI=1S/C12H17ClN2/c1-3-10-8(2)14-11(15-12(10)13)7-9-5-4-6-9/h9H,3-7H2,1-2H3. The van der Waals surface area contributed by atoms with E-state index in [-0.39, 0.29) is 0 Å². The van der Waals surface area contributed by atoms with Crippen molar-refractivity contribution in [2.45, 2.75) is 46.0 Å². The molecular formula is C12H17ClN2. The van der Waals surface area contributed by atoms with Gasteiger partial charge in [-0.3, -0.25) is 0 Å². The summed E-state index contributed by atoms with van der Waals surface area (Å²) in [6, 6.07) is 0. The Morgan fingerprint density at radius 1 is 1.33 bits per heavy atom. The van der Waals surface area contributed by atoms with Gasteiger partial charge >= 0.3 is 0 Å². The highest BCUT2D eigenvalue weighted by Crippen LogP contribution is 2.29. The first-order valence-corrected chi connectivity index (χ1v) is 6.10. The Morgan fingerprint density at radius 3 is 2.53 bits per heavy atom. The van der Waals surface area contributed by atoms with Gasteiger partial charge in [0.1, 0.15) is 11.0 Å². The molecule has 3 heteroatoms. The summed E-state index contributed by atoms with van der Waals surface area (Å²) in [5.74, 6) is 1.73. The van der Waals surface area contributed by atoms with Crippen LogP contribution in [0.3, 0.4) is 0 Å². The maximum atomic E-state index is 6.13. The predicted octanol–water partition coefficient (Wildman–Crippen LogP) is 3.34. The van der Waals surface area contributed by atoms with Gasteiger partial charge in [-0.25, -0.2) is 9.97 Å². The van der Waals surface area contributed by atoms with E-state index < -0.39 is 0 Å². The zero-order valence-electron chi connectivity index (χ0n) is 9.39. The van der Waals surface area contributed by atoms with E-state index in [2.05, 4.69) is 16.9 Å².